The molecule has 1 aliphatic rings. The second-order valence-corrected chi connectivity index (χ2v) is 7.75. The number of thioether (sulfide) groups is 1. The van der Waals surface area contributed by atoms with Gasteiger partial charge in [0.05, 0.1) is 0 Å². The molecule has 1 aromatic heterocycles. The number of piperidine rings is 1. The van der Waals surface area contributed by atoms with E-state index in [1.54, 1.807) is 0 Å². The molecule has 5 nitrogen and oxygen atoms in total. The third-order valence-corrected chi connectivity index (χ3v) is 6.10. The van der Waals surface area contributed by atoms with E-state index in [9.17, 15) is 4.79 Å². The first-order chi connectivity index (χ1) is 11.3. The topological polar surface area (TPSA) is 58.1 Å². The summed E-state index contributed by atoms with van der Waals surface area (Å²) >= 11 is 2.97. The van der Waals surface area contributed by atoms with Crippen LogP contribution in [0.3, 0.4) is 0 Å². The highest BCUT2D eigenvalue weighted by atomic mass is 32.2. The summed E-state index contributed by atoms with van der Waals surface area (Å²) in [6.45, 7) is 1.72. The average Bonchev–Trinajstić information content (AvgIpc) is 3.08. The van der Waals surface area contributed by atoms with Gasteiger partial charge in [0.15, 0.2) is 4.34 Å². The van der Waals surface area contributed by atoms with Crippen molar-refractivity contribution in [3.05, 3.63) is 35.9 Å². The quantitative estimate of drug-likeness (QED) is 0.839. The Morgan fingerprint density at radius 1 is 1.22 bits per heavy atom. The van der Waals surface area contributed by atoms with Gasteiger partial charge in [0.1, 0.15) is 5.25 Å². The van der Waals surface area contributed by atoms with E-state index in [0.29, 0.717) is 0 Å². The number of amides is 1. The lowest BCUT2D eigenvalue weighted by molar-refractivity contribution is -0.131. The number of nitrogens with one attached hydrogen (secondary N) is 1. The van der Waals surface area contributed by atoms with E-state index in [1.165, 1.54) is 29.5 Å². The fraction of sp³-hybridized carbons (Fsp3) is 0.438. The maximum atomic E-state index is 13.0. The maximum absolute atomic E-state index is 13.0. The Bertz CT molecular complexity index is 641. The zero-order valence-electron chi connectivity index (χ0n) is 13.1. The lowest BCUT2D eigenvalue weighted by Crippen LogP contribution is -2.38. The number of nitrogens with zero attached hydrogens (tertiary/aromatic N) is 3. The normalized spacial score (nSPS) is 16.1. The first kappa shape index (κ1) is 16.3. The number of carbonyl (C=O) groups excluding carboxylic acids is 1. The summed E-state index contributed by atoms with van der Waals surface area (Å²) in [5.41, 5.74) is 1.02. The van der Waals surface area contributed by atoms with Crippen LogP contribution in [0.25, 0.3) is 0 Å². The molecule has 23 heavy (non-hydrogen) atoms. The number of rotatable bonds is 5. The zero-order valence-corrected chi connectivity index (χ0v) is 14.7. The van der Waals surface area contributed by atoms with Crippen molar-refractivity contribution in [3.8, 4) is 0 Å². The monoisotopic (exact) mass is 348 g/mol. The molecule has 1 fully saturated rings. The fourth-order valence-corrected chi connectivity index (χ4v) is 4.61. The van der Waals surface area contributed by atoms with Gasteiger partial charge in [-0.1, -0.05) is 53.4 Å². The summed E-state index contributed by atoms with van der Waals surface area (Å²) in [6, 6.07) is 9.96. The predicted molar refractivity (Wildman–Crippen MR) is 94.9 cm³/mol. The number of anilines is 1. The average molecular weight is 348 g/mol. The molecule has 0 unspecified atom stereocenters. The Morgan fingerprint density at radius 3 is 2.61 bits per heavy atom. The van der Waals surface area contributed by atoms with Gasteiger partial charge in [-0.05, 0) is 24.8 Å². The molecular formula is C16H20N4OS2. The van der Waals surface area contributed by atoms with Gasteiger partial charge in [-0.2, -0.15) is 0 Å². The van der Waals surface area contributed by atoms with Gasteiger partial charge < -0.3 is 10.2 Å². The smallest absolute Gasteiger partial charge is 0.240 e. The summed E-state index contributed by atoms with van der Waals surface area (Å²) in [6.07, 6.45) is 3.41. The van der Waals surface area contributed by atoms with Gasteiger partial charge in [-0.25, -0.2) is 0 Å². The van der Waals surface area contributed by atoms with E-state index < -0.39 is 0 Å². The van der Waals surface area contributed by atoms with Crippen LogP contribution >= 0.6 is 23.1 Å². The Morgan fingerprint density at radius 2 is 1.96 bits per heavy atom. The molecule has 1 aromatic carbocycles. The molecule has 3 rings (SSSR count). The Balaban J connectivity index is 1.82. The number of likely N-dealkylation sites (tertiary alicyclic amines) is 1. The van der Waals surface area contributed by atoms with Crippen LogP contribution in [0.1, 0.15) is 30.1 Å². The summed E-state index contributed by atoms with van der Waals surface area (Å²) in [4.78, 5) is 15.0. The number of hydrogen-bond donors (Lipinski definition) is 1. The molecule has 0 aliphatic carbocycles. The molecular weight excluding hydrogens is 328 g/mol. The van der Waals surface area contributed by atoms with Crippen LogP contribution in [0.5, 0.6) is 0 Å². The van der Waals surface area contributed by atoms with E-state index >= 15 is 0 Å². The van der Waals surface area contributed by atoms with Crippen LogP contribution < -0.4 is 5.32 Å². The predicted octanol–water partition coefficient (Wildman–Crippen LogP) is 3.43. The van der Waals surface area contributed by atoms with Gasteiger partial charge in [-0.3, -0.25) is 4.79 Å². The summed E-state index contributed by atoms with van der Waals surface area (Å²) in [5, 5.41) is 11.7. The molecule has 1 atom stereocenters. The third-order valence-electron chi connectivity index (χ3n) is 3.83. The maximum Gasteiger partial charge on any atom is 0.240 e. The molecule has 1 saturated heterocycles. The highest BCUT2D eigenvalue weighted by Crippen LogP contribution is 2.39. The Kier molecular flexibility index (Phi) is 5.51. The lowest BCUT2D eigenvalue weighted by atomic mass is 10.1. The number of hydrogen-bond acceptors (Lipinski definition) is 6. The van der Waals surface area contributed by atoms with Crippen LogP contribution in [0.2, 0.25) is 0 Å². The summed E-state index contributed by atoms with van der Waals surface area (Å²) < 4.78 is 0.813. The minimum atomic E-state index is -0.257. The third kappa shape index (κ3) is 4.03. The molecule has 0 spiro atoms. The largest absolute Gasteiger partial charge is 0.363 e. The molecule has 0 radical (unpaired) electrons. The van der Waals surface area contributed by atoms with Crippen molar-refractivity contribution in [1.82, 2.24) is 15.1 Å². The molecule has 2 aromatic rings. The molecule has 1 aliphatic heterocycles. The van der Waals surface area contributed by atoms with Gasteiger partial charge >= 0.3 is 0 Å². The molecule has 1 N–H and O–H groups in total. The van der Waals surface area contributed by atoms with Crippen LogP contribution in [0.15, 0.2) is 34.7 Å². The lowest BCUT2D eigenvalue weighted by Gasteiger charge is -2.30. The van der Waals surface area contributed by atoms with Crippen molar-refractivity contribution in [2.24, 2.45) is 0 Å². The van der Waals surface area contributed by atoms with Gasteiger partial charge in [0.2, 0.25) is 11.0 Å². The zero-order chi connectivity index (χ0) is 16.1. The number of benzene rings is 1. The van der Waals surface area contributed by atoms with Gasteiger partial charge in [0.25, 0.3) is 0 Å². The van der Waals surface area contributed by atoms with Crippen molar-refractivity contribution in [2.45, 2.75) is 28.9 Å². The SMILES string of the molecule is CNc1nnc(S[C@@H](C(=O)N2CCCCC2)c2ccccc2)s1. The Hall–Kier alpha value is -1.60. The van der Waals surface area contributed by atoms with E-state index in [-0.39, 0.29) is 11.2 Å². The van der Waals surface area contributed by atoms with Crippen LogP contribution in [-0.4, -0.2) is 41.1 Å². The minimum Gasteiger partial charge on any atom is -0.363 e. The summed E-state index contributed by atoms with van der Waals surface area (Å²) in [5.74, 6) is 0.183. The van der Waals surface area contributed by atoms with Crippen molar-refractivity contribution in [3.63, 3.8) is 0 Å². The Labute approximate surface area is 144 Å². The van der Waals surface area contributed by atoms with Crippen molar-refractivity contribution < 1.29 is 4.79 Å². The number of carbonyl (C=O) groups is 1. The van der Waals surface area contributed by atoms with Crippen molar-refractivity contribution >= 4 is 34.1 Å². The number of aromatic nitrogens is 2. The molecule has 1 amide bonds. The highest BCUT2D eigenvalue weighted by molar-refractivity contribution is 8.01. The van der Waals surface area contributed by atoms with E-state index in [1.807, 2.05) is 42.3 Å². The first-order valence-corrected chi connectivity index (χ1v) is 9.49. The minimum absolute atomic E-state index is 0.183. The molecule has 2 heterocycles. The van der Waals surface area contributed by atoms with Gasteiger partial charge in [-0.15, -0.1) is 10.2 Å². The second kappa shape index (κ2) is 7.79. The van der Waals surface area contributed by atoms with E-state index in [2.05, 4.69) is 15.5 Å². The van der Waals surface area contributed by atoms with Crippen molar-refractivity contribution in [2.75, 3.05) is 25.5 Å². The van der Waals surface area contributed by atoms with E-state index in [0.717, 1.165) is 41.0 Å². The van der Waals surface area contributed by atoms with Gasteiger partial charge in [0, 0.05) is 20.1 Å². The molecule has 0 saturated carbocycles. The second-order valence-electron chi connectivity index (χ2n) is 5.42. The highest BCUT2D eigenvalue weighted by Gasteiger charge is 2.29. The van der Waals surface area contributed by atoms with Crippen molar-refractivity contribution in [1.29, 1.82) is 0 Å². The molecule has 122 valence electrons. The summed E-state index contributed by atoms with van der Waals surface area (Å²) in [7, 11) is 1.82. The molecule has 0 bridgehead atoms. The first-order valence-electron chi connectivity index (χ1n) is 7.79. The standard InChI is InChI=1S/C16H20N4OS2/c1-17-15-18-19-16(23-15)22-13(12-8-4-2-5-9-12)14(21)20-10-6-3-7-11-20/h2,4-5,8-9,13H,3,6-7,10-11H2,1H3,(H,17,18)/t13-/m1/s1. The van der Waals surface area contributed by atoms with Crippen LogP contribution in [0.4, 0.5) is 5.13 Å². The van der Waals surface area contributed by atoms with Crippen LogP contribution in [-0.2, 0) is 4.79 Å². The fourth-order valence-electron chi connectivity index (χ4n) is 2.63. The van der Waals surface area contributed by atoms with Crippen LogP contribution in [0, 0.1) is 0 Å². The van der Waals surface area contributed by atoms with E-state index in [4.69, 9.17) is 0 Å². The molecule has 7 heteroatoms.